The fraction of sp³-hybridized carbons (Fsp3) is 0.538. The molecule has 18 heavy (non-hydrogen) atoms. The Bertz CT molecular complexity index is 527. The molecule has 0 aliphatic carbocycles. The fourth-order valence-electron chi connectivity index (χ4n) is 2.26. The zero-order chi connectivity index (χ0) is 13.1. The molecule has 0 radical (unpaired) electrons. The van der Waals surface area contributed by atoms with Crippen LogP contribution in [0.15, 0.2) is 10.6 Å². The standard InChI is InChI=1S/C13H20N4O/c1-5-17-9(2)6-12(10(17)3)7-14-8-13-15-11(4)18-16-13/h6,14H,5,7-8H2,1-4H3. The molecule has 5 heteroatoms. The molecule has 1 N–H and O–H groups in total. The first-order valence-electron chi connectivity index (χ1n) is 6.27. The van der Waals surface area contributed by atoms with E-state index in [0.717, 1.165) is 13.1 Å². The summed E-state index contributed by atoms with van der Waals surface area (Å²) in [7, 11) is 0. The lowest BCUT2D eigenvalue weighted by Gasteiger charge is -2.06. The summed E-state index contributed by atoms with van der Waals surface area (Å²) in [5.74, 6) is 1.31. The summed E-state index contributed by atoms with van der Waals surface area (Å²) in [5.41, 5.74) is 3.96. The monoisotopic (exact) mass is 248 g/mol. The highest BCUT2D eigenvalue weighted by Crippen LogP contribution is 2.14. The van der Waals surface area contributed by atoms with Crippen LogP contribution in [0, 0.1) is 20.8 Å². The minimum Gasteiger partial charge on any atom is -0.349 e. The van der Waals surface area contributed by atoms with Crippen LogP contribution in [0.5, 0.6) is 0 Å². The van der Waals surface area contributed by atoms with Crippen molar-refractivity contribution >= 4 is 0 Å². The van der Waals surface area contributed by atoms with Crippen LogP contribution >= 0.6 is 0 Å². The van der Waals surface area contributed by atoms with E-state index in [9.17, 15) is 0 Å². The third-order valence-electron chi connectivity index (χ3n) is 3.16. The van der Waals surface area contributed by atoms with Crippen molar-refractivity contribution in [3.8, 4) is 0 Å². The van der Waals surface area contributed by atoms with Crippen LogP contribution in [0.3, 0.4) is 0 Å². The molecule has 5 nitrogen and oxygen atoms in total. The molecule has 0 aromatic carbocycles. The number of nitrogens with zero attached hydrogens (tertiary/aromatic N) is 3. The van der Waals surface area contributed by atoms with Crippen molar-refractivity contribution in [2.24, 2.45) is 0 Å². The van der Waals surface area contributed by atoms with Crippen molar-refractivity contribution in [2.75, 3.05) is 0 Å². The van der Waals surface area contributed by atoms with E-state index >= 15 is 0 Å². The summed E-state index contributed by atoms with van der Waals surface area (Å²) in [6.07, 6.45) is 0. The van der Waals surface area contributed by atoms with Crippen molar-refractivity contribution in [3.05, 3.63) is 34.7 Å². The van der Waals surface area contributed by atoms with Crippen LogP contribution in [0.25, 0.3) is 0 Å². The molecule has 0 amide bonds. The van der Waals surface area contributed by atoms with Gasteiger partial charge in [-0.1, -0.05) is 5.16 Å². The number of hydrogen-bond donors (Lipinski definition) is 1. The van der Waals surface area contributed by atoms with Crippen LogP contribution in [0.1, 0.15) is 35.6 Å². The predicted octanol–water partition coefficient (Wildman–Crippen LogP) is 2.11. The minimum atomic E-state index is 0.607. The third-order valence-corrected chi connectivity index (χ3v) is 3.16. The molecule has 2 heterocycles. The topological polar surface area (TPSA) is 55.9 Å². The van der Waals surface area contributed by atoms with Crippen LogP contribution in [0.4, 0.5) is 0 Å². The van der Waals surface area contributed by atoms with Crippen molar-refractivity contribution in [2.45, 2.75) is 47.3 Å². The van der Waals surface area contributed by atoms with E-state index in [2.05, 4.69) is 46.9 Å². The molecule has 0 spiro atoms. The second kappa shape index (κ2) is 5.35. The van der Waals surface area contributed by atoms with Gasteiger partial charge in [0.1, 0.15) is 0 Å². The highest BCUT2D eigenvalue weighted by Gasteiger charge is 2.08. The van der Waals surface area contributed by atoms with Gasteiger partial charge in [0.2, 0.25) is 5.89 Å². The molecule has 0 saturated carbocycles. The van der Waals surface area contributed by atoms with E-state index in [-0.39, 0.29) is 0 Å². The Morgan fingerprint density at radius 2 is 2.06 bits per heavy atom. The van der Waals surface area contributed by atoms with Crippen molar-refractivity contribution in [1.29, 1.82) is 0 Å². The average Bonchev–Trinajstić information content (AvgIpc) is 2.85. The number of nitrogens with one attached hydrogen (secondary N) is 1. The second-order valence-corrected chi connectivity index (χ2v) is 4.47. The van der Waals surface area contributed by atoms with E-state index in [1.807, 2.05) is 0 Å². The molecule has 0 saturated heterocycles. The number of aryl methyl sites for hydroxylation is 2. The van der Waals surface area contributed by atoms with Gasteiger partial charge >= 0.3 is 0 Å². The Morgan fingerprint density at radius 1 is 1.28 bits per heavy atom. The predicted molar refractivity (Wildman–Crippen MR) is 69.2 cm³/mol. The van der Waals surface area contributed by atoms with Gasteiger partial charge in [-0.2, -0.15) is 4.98 Å². The van der Waals surface area contributed by atoms with Crippen LogP contribution in [0.2, 0.25) is 0 Å². The highest BCUT2D eigenvalue weighted by molar-refractivity contribution is 5.26. The average molecular weight is 248 g/mol. The maximum Gasteiger partial charge on any atom is 0.223 e. The number of aromatic nitrogens is 3. The molecule has 98 valence electrons. The smallest absolute Gasteiger partial charge is 0.223 e. The maximum absolute atomic E-state index is 4.93. The van der Waals surface area contributed by atoms with Gasteiger partial charge in [-0.25, -0.2) is 0 Å². The van der Waals surface area contributed by atoms with E-state index in [4.69, 9.17) is 4.52 Å². The molecule has 2 rings (SSSR count). The number of hydrogen-bond acceptors (Lipinski definition) is 4. The van der Waals surface area contributed by atoms with Gasteiger partial charge in [-0.05, 0) is 32.4 Å². The molecule has 0 aliphatic heterocycles. The molecule has 0 aliphatic rings. The maximum atomic E-state index is 4.93. The lowest BCUT2D eigenvalue weighted by molar-refractivity contribution is 0.385. The minimum absolute atomic E-state index is 0.607. The second-order valence-electron chi connectivity index (χ2n) is 4.47. The molecule has 2 aromatic heterocycles. The van der Waals surface area contributed by atoms with E-state index in [1.54, 1.807) is 6.92 Å². The largest absolute Gasteiger partial charge is 0.349 e. The van der Waals surface area contributed by atoms with Crippen molar-refractivity contribution in [1.82, 2.24) is 20.0 Å². The summed E-state index contributed by atoms with van der Waals surface area (Å²) >= 11 is 0. The first-order chi connectivity index (χ1) is 8.61. The zero-order valence-corrected chi connectivity index (χ0v) is 11.4. The van der Waals surface area contributed by atoms with E-state index in [0.29, 0.717) is 18.3 Å². The Balaban J connectivity index is 1.94. The van der Waals surface area contributed by atoms with Gasteiger partial charge in [0.15, 0.2) is 5.82 Å². The van der Waals surface area contributed by atoms with Crippen LogP contribution < -0.4 is 5.32 Å². The lowest BCUT2D eigenvalue weighted by Crippen LogP contribution is -2.14. The summed E-state index contributed by atoms with van der Waals surface area (Å²) in [6, 6.07) is 2.23. The summed E-state index contributed by atoms with van der Waals surface area (Å²) in [6.45, 7) is 10.7. The molecule has 0 atom stereocenters. The molecular formula is C13H20N4O. The summed E-state index contributed by atoms with van der Waals surface area (Å²) in [4.78, 5) is 4.16. The molecular weight excluding hydrogens is 228 g/mol. The first-order valence-corrected chi connectivity index (χ1v) is 6.27. The van der Waals surface area contributed by atoms with Gasteiger partial charge in [0, 0.05) is 31.4 Å². The lowest BCUT2D eigenvalue weighted by atomic mass is 10.2. The van der Waals surface area contributed by atoms with Gasteiger partial charge in [-0.15, -0.1) is 0 Å². The number of rotatable bonds is 5. The fourth-order valence-corrected chi connectivity index (χ4v) is 2.26. The summed E-state index contributed by atoms with van der Waals surface area (Å²) < 4.78 is 7.24. The Hall–Kier alpha value is -1.62. The van der Waals surface area contributed by atoms with Gasteiger partial charge in [0.05, 0.1) is 6.54 Å². The molecule has 0 bridgehead atoms. The quantitative estimate of drug-likeness (QED) is 0.880. The first kappa shape index (κ1) is 12.8. The normalized spacial score (nSPS) is 11.1. The Labute approximate surface area is 107 Å². The van der Waals surface area contributed by atoms with Crippen LogP contribution in [-0.4, -0.2) is 14.7 Å². The van der Waals surface area contributed by atoms with E-state index < -0.39 is 0 Å². The van der Waals surface area contributed by atoms with Crippen molar-refractivity contribution < 1.29 is 4.52 Å². The molecule has 0 unspecified atom stereocenters. The van der Waals surface area contributed by atoms with Gasteiger partial charge < -0.3 is 14.4 Å². The van der Waals surface area contributed by atoms with E-state index in [1.165, 1.54) is 17.0 Å². The van der Waals surface area contributed by atoms with Crippen molar-refractivity contribution in [3.63, 3.8) is 0 Å². The highest BCUT2D eigenvalue weighted by atomic mass is 16.5. The molecule has 2 aromatic rings. The van der Waals surface area contributed by atoms with Crippen LogP contribution in [-0.2, 0) is 19.6 Å². The molecule has 0 fully saturated rings. The zero-order valence-electron chi connectivity index (χ0n) is 11.4. The third kappa shape index (κ3) is 2.61. The Kier molecular flexibility index (Phi) is 3.81. The SMILES string of the molecule is CCn1c(C)cc(CNCc2noc(C)n2)c1C. The Morgan fingerprint density at radius 3 is 2.61 bits per heavy atom. The summed E-state index contributed by atoms with van der Waals surface area (Å²) in [5, 5.41) is 7.19. The van der Waals surface area contributed by atoms with Gasteiger partial charge in [-0.3, -0.25) is 0 Å². The van der Waals surface area contributed by atoms with Gasteiger partial charge in [0.25, 0.3) is 0 Å².